The molecule has 4 atom stereocenters. The Balaban J connectivity index is 2.24. The number of carboxylic acids is 1. The highest BCUT2D eigenvalue weighted by molar-refractivity contribution is 7.89. The van der Waals surface area contributed by atoms with Crippen LogP contribution < -0.4 is 0 Å². The molecule has 0 bridgehead atoms. The molecule has 0 radical (unpaired) electrons. The minimum Gasteiger partial charge on any atom is -0.481 e. The van der Waals surface area contributed by atoms with Gasteiger partial charge in [-0.1, -0.05) is 19.8 Å². The van der Waals surface area contributed by atoms with Gasteiger partial charge in [-0.3, -0.25) is 9.59 Å². The quantitative estimate of drug-likeness (QED) is 0.764. The molecule has 2 rings (SSSR count). The van der Waals surface area contributed by atoms with Crippen LogP contribution in [0.4, 0.5) is 0 Å². The highest BCUT2D eigenvalue weighted by Gasteiger charge is 2.45. The predicted octanol–water partition coefficient (Wildman–Crippen LogP) is 1.09. The van der Waals surface area contributed by atoms with Crippen molar-refractivity contribution in [3.05, 3.63) is 0 Å². The molecule has 0 aromatic carbocycles. The van der Waals surface area contributed by atoms with Crippen LogP contribution in [0.1, 0.15) is 39.0 Å². The molecule has 0 aromatic rings. The zero-order valence-electron chi connectivity index (χ0n) is 13.6. The molecule has 0 amide bonds. The molecule has 7 nitrogen and oxygen atoms in total. The van der Waals surface area contributed by atoms with Crippen molar-refractivity contribution in [1.29, 1.82) is 0 Å². The molecule has 1 saturated carbocycles. The van der Waals surface area contributed by atoms with E-state index < -0.39 is 39.0 Å². The lowest BCUT2D eigenvalue weighted by Gasteiger charge is -2.38. The Morgan fingerprint density at radius 3 is 2.43 bits per heavy atom. The van der Waals surface area contributed by atoms with E-state index >= 15 is 0 Å². The average molecular weight is 347 g/mol. The lowest BCUT2D eigenvalue weighted by molar-refractivity contribution is -0.146. The van der Waals surface area contributed by atoms with Gasteiger partial charge < -0.3 is 9.84 Å². The summed E-state index contributed by atoms with van der Waals surface area (Å²) < 4.78 is 32.1. The summed E-state index contributed by atoms with van der Waals surface area (Å²) in [5.41, 5.74) is 0. The number of carbonyl (C=O) groups is 2. The van der Waals surface area contributed by atoms with Gasteiger partial charge in [0.15, 0.2) is 0 Å². The molecule has 2 aliphatic rings. The molecule has 8 heteroatoms. The van der Waals surface area contributed by atoms with E-state index in [1.54, 1.807) is 0 Å². The Kier molecular flexibility index (Phi) is 5.67. The second-order valence-electron chi connectivity index (χ2n) is 6.69. The maximum atomic E-state index is 13.0. The maximum absolute atomic E-state index is 13.0. The van der Waals surface area contributed by atoms with Crippen LogP contribution in [0, 0.1) is 17.8 Å². The number of nitrogens with zero attached hydrogens (tertiary/aromatic N) is 1. The van der Waals surface area contributed by atoms with Crippen molar-refractivity contribution in [3.63, 3.8) is 0 Å². The van der Waals surface area contributed by atoms with Gasteiger partial charge in [-0.05, 0) is 25.2 Å². The average Bonchev–Trinajstić information content (AvgIpc) is 2.53. The molecule has 0 spiro atoms. The van der Waals surface area contributed by atoms with Crippen LogP contribution >= 0.6 is 0 Å². The largest absolute Gasteiger partial charge is 0.481 e. The van der Waals surface area contributed by atoms with Crippen molar-refractivity contribution in [2.24, 2.45) is 17.8 Å². The fourth-order valence-electron chi connectivity index (χ4n) is 3.76. The van der Waals surface area contributed by atoms with E-state index in [-0.39, 0.29) is 12.5 Å². The molecule has 1 N–H and O–H groups in total. The van der Waals surface area contributed by atoms with Crippen LogP contribution in [0.25, 0.3) is 0 Å². The first-order valence-electron chi connectivity index (χ1n) is 8.07. The molecule has 1 aliphatic carbocycles. The number of carbonyl (C=O) groups excluding carboxylic acids is 1. The standard InChI is InChI=1S/C15H25NO6S/c1-10-7-11(14(17)18)9-16(8-10)23(20,21)13-6-4-3-5-12(13)15(19)22-2/h10-13H,3-9H2,1-2H3,(H,17,18). The second-order valence-corrected chi connectivity index (χ2v) is 8.84. The van der Waals surface area contributed by atoms with Crippen LogP contribution in [0.2, 0.25) is 0 Å². The van der Waals surface area contributed by atoms with Crippen molar-refractivity contribution in [2.75, 3.05) is 20.2 Å². The Bertz CT molecular complexity index is 560. The summed E-state index contributed by atoms with van der Waals surface area (Å²) in [4.78, 5) is 23.2. The number of rotatable bonds is 4. The lowest BCUT2D eigenvalue weighted by Crippen LogP contribution is -2.51. The molecule has 1 heterocycles. The van der Waals surface area contributed by atoms with Gasteiger partial charge >= 0.3 is 11.9 Å². The zero-order valence-corrected chi connectivity index (χ0v) is 14.4. The fraction of sp³-hybridized carbons (Fsp3) is 0.867. The number of hydrogen-bond donors (Lipinski definition) is 1. The first kappa shape index (κ1) is 18.2. The van der Waals surface area contributed by atoms with Gasteiger partial charge in [0, 0.05) is 13.1 Å². The van der Waals surface area contributed by atoms with E-state index in [0.29, 0.717) is 25.8 Å². The van der Waals surface area contributed by atoms with Gasteiger partial charge in [-0.25, -0.2) is 12.7 Å². The maximum Gasteiger partial charge on any atom is 0.310 e. The Morgan fingerprint density at radius 1 is 1.17 bits per heavy atom. The van der Waals surface area contributed by atoms with Crippen molar-refractivity contribution >= 4 is 22.0 Å². The van der Waals surface area contributed by atoms with Crippen molar-refractivity contribution in [3.8, 4) is 0 Å². The zero-order chi connectivity index (χ0) is 17.2. The second kappa shape index (κ2) is 7.17. The van der Waals surface area contributed by atoms with Gasteiger partial charge in [0.25, 0.3) is 0 Å². The first-order valence-corrected chi connectivity index (χ1v) is 9.57. The Hall–Kier alpha value is -1.15. The van der Waals surface area contributed by atoms with Crippen LogP contribution in [-0.2, 0) is 24.3 Å². The number of hydrogen-bond acceptors (Lipinski definition) is 5. The van der Waals surface area contributed by atoms with E-state index in [0.717, 1.165) is 12.8 Å². The number of carboxylic acid groups (broad SMARTS) is 1. The third-order valence-electron chi connectivity index (χ3n) is 4.92. The third-order valence-corrected chi connectivity index (χ3v) is 7.27. The van der Waals surface area contributed by atoms with Crippen molar-refractivity contribution in [1.82, 2.24) is 4.31 Å². The predicted molar refractivity (Wildman–Crippen MR) is 83.2 cm³/mol. The normalized spacial score (nSPS) is 33.1. The number of aliphatic carboxylic acids is 1. The van der Waals surface area contributed by atoms with Crippen LogP contribution in [0.3, 0.4) is 0 Å². The number of methoxy groups -OCH3 is 1. The molecule has 0 aromatic heterocycles. The third kappa shape index (κ3) is 3.85. The minimum atomic E-state index is -3.72. The SMILES string of the molecule is COC(=O)C1CCCCC1S(=O)(=O)N1CC(C)CC(C(=O)O)C1. The molecular formula is C15H25NO6S. The van der Waals surface area contributed by atoms with Gasteiger partial charge in [0.2, 0.25) is 10.0 Å². The smallest absolute Gasteiger partial charge is 0.310 e. The molecule has 23 heavy (non-hydrogen) atoms. The molecule has 1 aliphatic heterocycles. The summed E-state index contributed by atoms with van der Waals surface area (Å²) in [6, 6.07) is 0. The van der Waals surface area contributed by atoms with Gasteiger partial charge in [-0.2, -0.15) is 0 Å². The summed E-state index contributed by atoms with van der Waals surface area (Å²) in [5.74, 6) is -2.81. The first-order chi connectivity index (χ1) is 10.8. The van der Waals surface area contributed by atoms with E-state index in [2.05, 4.69) is 0 Å². The lowest BCUT2D eigenvalue weighted by atomic mass is 9.89. The van der Waals surface area contributed by atoms with Crippen LogP contribution in [0.5, 0.6) is 0 Å². The van der Waals surface area contributed by atoms with Crippen molar-refractivity contribution < 1.29 is 27.9 Å². The topological polar surface area (TPSA) is 101 Å². The van der Waals surface area contributed by atoms with E-state index in [1.165, 1.54) is 11.4 Å². The Labute approximate surface area is 137 Å². The number of sulfonamides is 1. The summed E-state index contributed by atoms with van der Waals surface area (Å²) in [6.45, 7) is 2.17. The molecule has 2 fully saturated rings. The number of ether oxygens (including phenoxy) is 1. The molecule has 4 unspecified atom stereocenters. The fourth-order valence-corrected chi connectivity index (χ4v) is 6.12. The van der Waals surface area contributed by atoms with E-state index in [4.69, 9.17) is 4.74 Å². The van der Waals surface area contributed by atoms with Crippen LogP contribution in [-0.4, -0.2) is 55.2 Å². The summed E-state index contributed by atoms with van der Waals surface area (Å²) >= 11 is 0. The molecular weight excluding hydrogens is 322 g/mol. The van der Waals surface area contributed by atoms with Crippen molar-refractivity contribution in [2.45, 2.75) is 44.3 Å². The highest BCUT2D eigenvalue weighted by Crippen LogP contribution is 2.34. The molecule has 1 saturated heterocycles. The number of piperidine rings is 1. The Morgan fingerprint density at radius 2 is 1.83 bits per heavy atom. The van der Waals surface area contributed by atoms with Gasteiger partial charge in [0.1, 0.15) is 0 Å². The number of esters is 1. The monoisotopic (exact) mass is 347 g/mol. The van der Waals surface area contributed by atoms with E-state index in [1.807, 2.05) is 6.92 Å². The minimum absolute atomic E-state index is 0.00754. The van der Waals surface area contributed by atoms with Gasteiger partial charge in [-0.15, -0.1) is 0 Å². The summed E-state index contributed by atoms with van der Waals surface area (Å²) in [5, 5.41) is 8.43. The molecule has 132 valence electrons. The van der Waals surface area contributed by atoms with Crippen LogP contribution in [0.15, 0.2) is 0 Å². The highest BCUT2D eigenvalue weighted by atomic mass is 32.2. The van der Waals surface area contributed by atoms with Gasteiger partial charge in [0.05, 0.1) is 24.2 Å². The summed E-state index contributed by atoms with van der Waals surface area (Å²) in [7, 11) is -2.45. The summed E-state index contributed by atoms with van der Waals surface area (Å²) in [6.07, 6.45) is 2.96. The van der Waals surface area contributed by atoms with E-state index in [9.17, 15) is 23.1 Å².